The molecule has 19 heavy (non-hydrogen) atoms. The van der Waals surface area contributed by atoms with Crippen LogP contribution in [0.25, 0.3) is 0 Å². The Morgan fingerprint density at radius 2 is 1.79 bits per heavy atom. The van der Waals surface area contributed by atoms with Crippen molar-refractivity contribution in [2.24, 2.45) is 11.3 Å². The molecule has 106 valence electrons. The molecule has 0 N–H and O–H groups in total. The summed E-state index contributed by atoms with van der Waals surface area (Å²) in [6.45, 7) is 2.24. The van der Waals surface area contributed by atoms with Crippen LogP contribution in [-0.2, 0) is 4.79 Å². The maximum Gasteiger partial charge on any atom is 0.243 e. The Labute approximate surface area is 117 Å². The van der Waals surface area contributed by atoms with E-state index in [4.69, 9.17) is 0 Å². The van der Waals surface area contributed by atoms with E-state index in [9.17, 15) is 10.1 Å². The van der Waals surface area contributed by atoms with Gasteiger partial charge in [-0.25, -0.2) is 0 Å². The van der Waals surface area contributed by atoms with Crippen LogP contribution in [-0.4, -0.2) is 23.9 Å². The van der Waals surface area contributed by atoms with Gasteiger partial charge < -0.3 is 4.90 Å². The van der Waals surface area contributed by atoms with Gasteiger partial charge in [-0.1, -0.05) is 39.0 Å². The Kier molecular flexibility index (Phi) is 4.50. The molecule has 2 unspecified atom stereocenters. The molecule has 0 aromatic rings. The van der Waals surface area contributed by atoms with Crippen molar-refractivity contribution in [3.05, 3.63) is 0 Å². The summed E-state index contributed by atoms with van der Waals surface area (Å²) in [5.74, 6) is 0.662. The minimum atomic E-state index is -0.718. The summed E-state index contributed by atoms with van der Waals surface area (Å²) >= 11 is 0. The second kappa shape index (κ2) is 5.94. The second-order valence-electron chi connectivity index (χ2n) is 6.50. The van der Waals surface area contributed by atoms with Crippen LogP contribution in [0.1, 0.15) is 64.7 Å². The third-order valence-corrected chi connectivity index (χ3v) is 5.21. The number of amides is 1. The monoisotopic (exact) mass is 262 g/mol. The normalized spacial score (nSPS) is 30.4. The van der Waals surface area contributed by atoms with Gasteiger partial charge in [0.15, 0.2) is 0 Å². The van der Waals surface area contributed by atoms with Gasteiger partial charge >= 0.3 is 0 Å². The summed E-state index contributed by atoms with van der Waals surface area (Å²) in [6, 6.07) is 2.70. The van der Waals surface area contributed by atoms with Crippen molar-refractivity contribution >= 4 is 5.91 Å². The number of hydrogen-bond donors (Lipinski definition) is 0. The predicted octanol–water partition coefficient (Wildman–Crippen LogP) is 3.50. The number of carbonyl (C=O) groups is 1. The van der Waals surface area contributed by atoms with Crippen molar-refractivity contribution in [1.82, 2.24) is 4.90 Å². The fraction of sp³-hybridized carbons (Fsp3) is 0.875. The molecule has 0 radical (unpaired) electrons. The standard InChI is InChI=1S/C16H26N2O/c1-13-8-4-5-9-14(13)18(2)15(19)16(12-17)10-6-3-7-11-16/h13-14H,3-11H2,1-2H3. The quantitative estimate of drug-likeness (QED) is 0.764. The highest BCUT2D eigenvalue weighted by atomic mass is 16.2. The molecule has 0 bridgehead atoms. The molecule has 2 rings (SSSR count). The number of nitriles is 1. The number of hydrogen-bond acceptors (Lipinski definition) is 2. The number of nitrogens with zero attached hydrogens (tertiary/aromatic N) is 2. The highest BCUT2D eigenvalue weighted by Gasteiger charge is 2.43. The Hall–Kier alpha value is -1.04. The Balaban J connectivity index is 2.10. The number of carbonyl (C=O) groups excluding carboxylic acids is 1. The molecule has 2 saturated carbocycles. The van der Waals surface area contributed by atoms with Crippen molar-refractivity contribution in [2.75, 3.05) is 7.05 Å². The summed E-state index contributed by atoms with van der Waals surface area (Å²) in [5, 5.41) is 9.53. The van der Waals surface area contributed by atoms with E-state index < -0.39 is 5.41 Å². The van der Waals surface area contributed by atoms with Crippen molar-refractivity contribution in [3.63, 3.8) is 0 Å². The largest absolute Gasteiger partial charge is 0.341 e. The zero-order valence-corrected chi connectivity index (χ0v) is 12.3. The number of rotatable bonds is 2. The van der Waals surface area contributed by atoms with Gasteiger partial charge in [-0.15, -0.1) is 0 Å². The van der Waals surface area contributed by atoms with Gasteiger partial charge in [0.25, 0.3) is 0 Å². The van der Waals surface area contributed by atoms with E-state index in [-0.39, 0.29) is 5.91 Å². The van der Waals surface area contributed by atoms with Crippen LogP contribution in [0, 0.1) is 22.7 Å². The molecule has 3 heteroatoms. The molecule has 2 aliphatic carbocycles. The fourth-order valence-electron chi connectivity index (χ4n) is 3.89. The topological polar surface area (TPSA) is 44.1 Å². The average Bonchev–Trinajstić information content (AvgIpc) is 2.47. The minimum Gasteiger partial charge on any atom is -0.341 e. The molecular weight excluding hydrogens is 236 g/mol. The first-order chi connectivity index (χ1) is 9.10. The van der Waals surface area contributed by atoms with Gasteiger partial charge in [0.2, 0.25) is 5.91 Å². The van der Waals surface area contributed by atoms with E-state index in [0.29, 0.717) is 12.0 Å². The first-order valence-corrected chi connectivity index (χ1v) is 7.79. The molecule has 0 aliphatic heterocycles. The Bertz CT molecular complexity index is 365. The first kappa shape index (κ1) is 14.4. The van der Waals surface area contributed by atoms with Gasteiger partial charge in [0, 0.05) is 13.1 Å². The first-order valence-electron chi connectivity index (χ1n) is 7.79. The molecule has 2 aliphatic rings. The smallest absolute Gasteiger partial charge is 0.243 e. The zero-order valence-electron chi connectivity index (χ0n) is 12.3. The molecule has 2 atom stereocenters. The molecule has 0 spiro atoms. The van der Waals surface area contributed by atoms with Gasteiger partial charge in [0.1, 0.15) is 5.41 Å². The summed E-state index contributed by atoms with van der Waals surface area (Å²) < 4.78 is 0. The van der Waals surface area contributed by atoms with E-state index in [1.807, 2.05) is 11.9 Å². The van der Waals surface area contributed by atoms with E-state index in [0.717, 1.165) is 32.1 Å². The Morgan fingerprint density at radius 3 is 2.37 bits per heavy atom. The molecule has 0 saturated heterocycles. The van der Waals surface area contributed by atoms with Crippen LogP contribution < -0.4 is 0 Å². The third-order valence-electron chi connectivity index (χ3n) is 5.21. The van der Waals surface area contributed by atoms with E-state index in [1.165, 1.54) is 25.7 Å². The highest BCUT2D eigenvalue weighted by molar-refractivity contribution is 5.85. The minimum absolute atomic E-state index is 0.0912. The predicted molar refractivity (Wildman–Crippen MR) is 75.3 cm³/mol. The molecule has 0 aromatic heterocycles. The van der Waals surface area contributed by atoms with Crippen LogP contribution in [0.5, 0.6) is 0 Å². The lowest BCUT2D eigenvalue weighted by Crippen LogP contribution is -2.49. The highest BCUT2D eigenvalue weighted by Crippen LogP contribution is 2.39. The molecule has 0 heterocycles. The van der Waals surface area contributed by atoms with Crippen molar-refractivity contribution in [1.29, 1.82) is 5.26 Å². The Morgan fingerprint density at radius 1 is 1.16 bits per heavy atom. The van der Waals surface area contributed by atoms with Gasteiger partial charge in [-0.3, -0.25) is 4.79 Å². The maximum absolute atomic E-state index is 12.8. The van der Waals surface area contributed by atoms with Crippen molar-refractivity contribution in [2.45, 2.75) is 70.8 Å². The van der Waals surface area contributed by atoms with Crippen LogP contribution in [0.4, 0.5) is 0 Å². The third kappa shape index (κ3) is 2.78. The average molecular weight is 262 g/mol. The van der Waals surface area contributed by atoms with E-state index >= 15 is 0 Å². The van der Waals surface area contributed by atoms with Crippen LogP contribution in [0.15, 0.2) is 0 Å². The summed E-state index contributed by atoms with van der Waals surface area (Å²) in [4.78, 5) is 14.7. The summed E-state index contributed by atoms with van der Waals surface area (Å²) in [5.41, 5.74) is -0.718. The summed E-state index contributed by atoms with van der Waals surface area (Å²) in [7, 11) is 1.92. The molecular formula is C16H26N2O. The molecule has 3 nitrogen and oxygen atoms in total. The lowest BCUT2D eigenvalue weighted by Gasteiger charge is -2.41. The molecule has 0 aromatic carbocycles. The molecule has 2 fully saturated rings. The zero-order chi connectivity index (χ0) is 13.9. The van der Waals surface area contributed by atoms with Crippen LogP contribution in [0.3, 0.4) is 0 Å². The van der Waals surface area contributed by atoms with Crippen molar-refractivity contribution < 1.29 is 4.79 Å². The maximum atomic E-state index is 12.8. The second-order valence-corrected chi connectivity index (χ2v) is 6.50. The van der Waals surface area contributed by atoms with Crippen molar-refractivity contribution in [3.8, 4) is 6.07 Å². The van der Waals surface area contributed by atoms with Crippen LogP contribution >= 0.6 is 0 Å². The lowest BCUT2D eigenvalue weighted by atomic mass is 9.73. The van der Waals surface area contributed by atoms with E-state index in [1.54, 1.807) is 0 Å². The summed E-state index contributed by atoms with van der Waals surface area (Å²) in [6.07, 6.45) is 9.53. The molecule has 1 amide bonds. The van der Waals surface area contributed by atoms with Gasteiger partial charge in [0.05, 0.1) is 6.07 Å². The van der Waals surface area contributed by atoms with E-state index in [2.05, 4.69) is 13.0 Å². The van der Waals surface area contributed by atoms with Gasteiger partial charge in [-0.2, -0.15) is 5.26 Å². The fourth-order valence-corrected chi connectivity index (χ4v) is 3.89. The van der Waals surface area contributed by atoms with Crippen LogP contribution in [0.2, 0.25) is 0 Å². The SMILES string of the molecule is CC1CCCCC1N(C)C(=O)C1(C#N)CCCCC1. The van der Waals surface area contributed by atoms with Gasteiger partial charge in [-0.05, 0) is 31.6 Å². The lowest BCUT2D eigenvalue weighted by molar-refractivity contribution is -0.143.